The fourth-order valence-corrected chi connectivity index (χ4v) is 1.44. The van der Waals surface area contributed by atoms with Crippen molar-refractivity contribution in [2.75, 3.05) is 26.4 Å². The van der Waals surface area contributed by atoms with Crippen molar-refractivity contribution in [2.24, 2.45) is 5.73 Å². The fourth-order valence-electron chi connectivity index (χ4n) is 1.12. The lowest BCUT2D eigenvalue weighted by molar-refractivity contribution is 0.0433. The Hall–Kier alpha value is -0.320. The van der Waals surface area contributed by atoms with Gasteiger partial charge in [0.2, 0.25) is 0 Å². The van der Waals surface area contributed by atoms with Gasteiger partial charge in [-0.3, -0.25) is 0 Å². The van der Waals surface area contributed by atoms with Crippen LogP contribution < -0.4 is 5.73 Å². The summed E-state index contributed by atoms with van der Waals surface area (Å²) in [6, 6.07) is 5.44. The van der Waals surface area contributed by atoms with Crippen molar-refractivity contribution in [1.82, 2.24) is 0 Å². The third-order valence-electron chi connectivity index (χ3n) is 1.89. The van der Waals surface area contributed by atoms with Gasteiger partial charge in [0.15, 0.2) is 0 Å². The van der Waals surface area contributed by atoms with Crippen LogP contribution in [0.4, 0.5) is 0 Å². The normalized spacial score (nSPS) is 10.7. The zero-order chi connectivity index (χ0) is 11.8. The van der Waals surface area contributed by atoms with Crippen LogP contribution in [-0.4, -0.2) is 26.4 Å². The molecule has 0 aromatic heterocycles. The van der Waals surface area contributed by atoms with E-state index in [2.05, 4.69) is 0 Å². The fraction of sp³-hybridized carbons (Fsp3) is 0.455. The van der Waals surface area contributed by atoms with E-state index < -0.39 is 0 Å². The lowest BCUT2D eigenvalue weighted by atomic mass is 10.2. The summed E-state index contributed by atoms with van der Waals surface area (Å²) in [5, 5.41) is 1.10. The van der Waals surface area contributed by atoms with Gasteiger partial charge < -0.3 is 15.2 Å². The summed E-state index contributed by atoms with van der Waals surface area (Å²) >= 11 is 11.7. The zero-order valence-corrected chi connectivity index (χ0v) is 10.4. The van der Waals surface area contributed by atoms with Crippen molar-refractivity contribution >= 4 is 23.2 Å². The molecule has 16 heavy (non-hydrogen) atoms. The van der Waals surface area contributed by atoms with Crippen LogP contribution in [0.1, 0.15) is 5.56 Å². The lowest BCUT2D eigenvalue weighted by Gasteiger charge is -2.06. The van der Waals surface area contributed by atoms with Crippen LogP contribution in [0.25, 0.3) is 0 Å². The first-order valence-corrected chi connectivity index (χ1v) is 5.79. The van der Waals surface area contributed by atoms with E-state index in [4.69, 9.17) is 38.4 Å². The van der Waals surface area contributed by atoms with Crippen molar-refractivity contribution in [3.8, 4) is 0 Å². The summed E-state index contributed by atoms with van der Waals surface area (Å²) in [6.45, 7) is 2.70. The Morgan fingerprint density at radius 1 is 1.00 bits per heavy atom. The number of benzene rings is 1. The number of rotatable bonds is 7. The third-order valence-corrected chi connectivity index (χ3v) is 2.63. The molecule has 0 spiro atoms. The molecule has 90 valence electrons. The summed E-state index contributed by atoms with van der Waals surface area (Å²) in [5.74, 6) is 0. The predicted molar refractivity (Wildman–Crippen MR) is 66.0 cm³/mol. The van der Waals surface area contributed by atoms with Gasteiger partial charge in [0, 0.05) is 6.54 Å². The van der Waals surface area contributed by atoms with Crippen LogP contribution >= 0.6 is 23.2 Å². The maximum atomic E-state index is 5.87. The van der Waals surface area contributed by atoms with Crippen molar-refractivity contribution in [3.63, 3.8) is 0 Å². The molecule has 0 aliphatic carbocycles. The Morgan fingerprint density at radius 2 is 1.75 bits per heavy atom. The molecule has 0 atom stereocenters. The predicted octanol–water partition coefficient (Wildman–Crippen LogP) is 2.49. The van der Waals surface area contributed by atoms with E-state index >= 15 is 0 Å². The maximum absolute atomic E-state index is 5.87. The number of nitrogens with two attached hydrogens (primary N) is 1. The van der Waals surface area contributed by atoms with Crippen molar-refractivity contribution < 1.29 is 9.47 Å². The quantitative estimate of drug-likeness (QED) is 0.769. The van der Waals surface area contributed by atoms with Gasteiger partial charge in [-0.25, -0.2) is 0 Å². The van der Waals surface area contributed by atoms with Gasteiger partial charge in [-0.15, -0.1) is 0 Å². The maximum Gasteiger partial charge on any atom is 0.0718 e. The van der Waals surface area contributed by atoms with Crippen molar-refractivity contribution in [3.05, 3.63) is 33.8 Å². The molecule has 1 aromatic rings. The zero-order valence-electron chi connectivity index (χ0n) is 8.92. The summed E-state index contributed by atoms with van der Waals surface area (Å²) in [6.07, 6.45) is 0. The minimum Gasteiger partial charge on any atom is -0.378 e. The number of halogens is 2. The molecule has 3 nitrogen and oxygen atoms in total. The number of hydrogen-bond acceptors (Lipinski definition) is 3. The molecule has 0 unspecified atom stereocenters. The highest BCUT2D eigenvalue weighted by Crippen LogP contribution is 2.22. The second kappa shape index (κ2) is 7.87. The summed E-state index contributed by atoms with van der Waals surface area (Å²) in [7, 11) is 0. The monoisotopic (exact) mass is 263 g/mol. The Bertz CT molecular complexity index is 321. The van der Waals surface area contributed by atoms with Crippen LogP contribution in [0.2, 0.25) is 10.0 Å². The topological polar surface area (TPSA) is 44.5 Å². The van der Waals surface area contributed by atoms with Gasteiger partial charge in [-0.05, 0) is 17.7 Å². The van der Waals surface area contributed by atoms with E-state index in [9.17, 15) is 0 Å². The largest absolute Gasteiger partial charge is 0.378 e. The highest BCUT2D eigenvalue weighted by atomic mass is 35.5. The molecule has 0 aliphatic rings. The first-order valence-electron chi connectivity index (χ1n) is 5.03. The summed E-state index contributed by atoms with van der Waals surface area (Å²) in [5.41, 5.74) is 6.27. The van der Waals surface area contributed by atoms with Crippen molar-refractivity contribution in [2.45, 2.75) is 6.61 Å². The summed E-state index contributed by atoms with van der Waals surface area (Å²) < 4.78 is 10.6. The van der Waals surface area contributed by atoms with Crippen LogP contribution in [0, 0.1) is 0 Å². The average molecular weight is 264 g/mol. The highest BCUT2D eigenvalue weighted by molar-refractivity contribution is 6.41. The van der Waals surface area contributed by atoms with Crippen LogP contribution in [0.3, 0.4) is 0 Å². The van der Waals surface area contributed by atoms with Crippen LogP contribution in [-0.2, 0) is 16.1 Å². The Labute approximate surface area is 105 Å². The van der Waals surface area contributed by atoms with Gasteiger partial charge in [0.25, 0.3) is 0 Å². The molecule has 0 saturated carbocycles. The Balaban J connectivity index is 2.19. The van der Waals surface area contributed by atoms with E-state index in [0.717, 1.165) is 5.56 Å². The van der Waals surface area contributed by atoms with E-state index in [1.807, 2.05) is 6.07 Å². The minimum atomic E-state index is 0.503. The molecule has 5 heteroatoms. The highest BCUT2D eigenvalue weighted by Gasteiger charge is 1.99. The molecular weight excluding hydrogens is 249 g/mol. The molecular formula is C11H15Cl2NO2. The SMILES string of the molecule is NCCOCCOCc1ccc(Cl)c(Cl)c1. The molecule has 2 N–H and O–H groups in total. The molecule has 0 bridgehead atoms. The molecule has 0 aliphatic heterocycles. The van der Waals surface area contributed by atoms with E-state index in [1.54, 1.807) is 12.1 Å². The van der Waals surface area contributed by atoms with Gasteiger partial charge >= 0.3 is 0 Å². The van der Waals surface area contributed by atoms with E-state index in [-0.39, 0.29) is 0 Å². The molecule has 0 saturated heterocycles. The number of hydrogen-bond donors (Lipinski definition) is 1. The Kier molecular flexibility index (Phi) is 6.76. The van der Waals surface area contributed by atoms with Crippen LogP contribution in [0.15, 0.2) is 18.2 Å². The van der Waals surface area contributed by atoms with Gasteiger partial charge in [0.1, 0.15) is 0 Å². The molecule has 0 radical (unpaired) electrons. The number of ether oxygens (including phenoxy) is 2. The second-order valence-corrected chi connectivity index (χ2v) is 4.02. The summed E-state index contributed by atoms with van der Waals surface area (Å²) in [4.78, 5) is 0. The molecule has 1 rings (SSSR count). The van der Waals surface area contributed by atoms with Gasteiger partial charge in [-0.1, -0.05) is 29.3 Å². The minimum absolute atomic E-state index is 0.503. The lowest BCUT2D eigenvalue weighted by Crippen LogP contribution is -2.11. The van der Waals surface area contributed by atoms with Crippen molar-refractivity contribution in [1.29, 1.82) is 0 Å². The molecule has 0 heterocycles. The first kappa shape index (κ1) is 13.7. The first-order chi connectivity index (χ1) is 7.74. The third kappa shape index (κ3) is 5.14. The van der Waals surface area contributed by atoms with E-state index in [1.165, 1.54) is 0 Å². The molecule has 1 aromatic carbocycles. The molecule has 0 fully saturated rings. The second-order valence-electron chi connectivity index (χ2n) is 3.20. The van der Waals surface area contributed by atoms with Gasteiger partial charge in [-0.2, -0.15) is 0 Å². The van der Waals surface area contributed by atoms with E-state index in [0.29, 0.717) is 43.0 Å². The Morgan fingerprint density at radius 3 is 2.44 bits per heavy atom. The molecule has 0 amide bonds. The average Bonchev–Trinajstić information content (AvgIpc) is 2.28. The van der Waals surface area contributed by atoms with Crippen LogP contribution in [0.5, 0.6) is 0 Å². The van der Waals surface area contributed by atoms with Gasteiger partial charge in [0.05, 0.1) is 36.5 Å². The smallest absolute Gasteiger partial charge is 0.0718 e. The standard InChI is InChI=1S/C11H15Cl2NO2/c12-10-2-1-9(7-11(10)13)8-16-6-5-15-4-3-14/h1-2,7H,3-6,8,14H2.